The number of esters is 1. The molecule has 1 aromatic heterocycles. The summed E-state index contributed by atoms with van der Waals surface area (Å²) < 4.78 is 4.57. The average molecular weight is 339 g/mol. The van der Waals surface area contributed by atoms with Crippen molar-refractivity contribution in [2.24, 2.45) is 0 Å². The fraction of sp³-hybridized carbons (Fsp3) is 0.600. The molecule has 0 saturated heterocycles. The van der Waals surface area contributed by atoms with Gasteiger partial charge in [0.25, 0.3) is 5.56 Å². The number of aromatic nitrogens is 2. The number of nitrogens with zero attached hydrogens (tertiary/aromatic N) is 1. The largest absolute Gasteiger partial charge is 0.469 e. The van der Waals surface area contributed by atoms with E-state index in [2.05, 4.69) is 20.0 Å². The molecular formula is C15H21N3O4S. The first-order valence-electron chi connectivity index (χ1n) is 7.62. The Kier molecular flexibility index (Phi) is 6.20. The highest BCUT2D eigenvalue weighted by Gasteiger charge is 2.22. The van der Waals surface area contributed by atoms with Gasteiger partial charge in [-0.2, -0.15) is 0 Å². The summed E-state index contributed by atoms with van der Waals surface area (Å²) in [4.78, 5) is 41.9. The Morgan fingerprint density at radius 2 is 2.17 bits per heavy atom. The van der Waals surface area contributed by atoms with Gasteiger partial charge in [0.2, 0.25) is 5.91 Å². The number of hydrogen-bond acceptors (Lipinski definition) is 6. The first-order valence-corrected chi connectivity index (χ1v) is 8.50. The zero-order chi connectivity index (χ0) is 16.8. The van der Waals surface area contributed by atoms with Gasteiger partial charge in [-0.1, -0.05) is 24.6 Å². The number of aromatic amines is 1. The van der Waals surface area contributed by atoms with Crippen LogP contribution in [0.15, 0.2) is 16.0 Å². The van der Waals surface area contributed by atoms with Crippen molar-refractivity contribution in [1.29, 1.82) is 0 Å². The molecule has 0 unspecified atom stereocenters. The van der Waals surface area contributed by atoms with Crippen molar-refractivity contribution in [3.8, 4) is 0 Å². The predicted molar refractivity (Wildman–Crippen MR) is 86.3 cm³/mol. The lowest BCUT2D eigenvalue weighted by molar-refractivity contribution is -0.139. The molecule has 7 nitrogen and oxygen atoms in total. The van der Waals surface area contributed by atoms with Gasteiger partial charge in [-0.05, 0) is 19.8 Å². The molecule has 1 amide bonds. The van der Waals surface area contributed by atoms with Crippen molar-refractivity contribution < 1.29 is 14.3 Å². The summed E-state index contributed by atoms with van der Waals surface area (Å²) in [7, 11) is 1.28. The van der Waals surface area contributed by atoms with Crippen molar-refractivity contribution in [2.75, 3.05) is 7.11 Å². The average Bonchev–Trinajstić information content (AvgIpc) is 2.99. The molecule has 0 bridgehead atoms. The van der Waals surface area contributed by atoms with Gasteiger partial charge in [-0.15, -0.1) is 0 Å². The second-order valence-corrected chi connectivity index (χ2v) is 6.87. The van der Waals surface area contributed by atoms with Crippen LogP contribution in [0.2, 0.25) is 0 Å². The van der Waals surface area contributed by atoms with E-state index in [1.54, 1.807) is 6.92 Å². The van der Waals surface area contributed by atoms with Crippen LogP contribution in [0.5, 0.6) is 0 Å². The van der Waals surface area contributed by atoms with E-state index in [0.717, 1.165) is 25.7 Å². The maximum Gasteiger partial charge on any atom is 0.311 e. The maximum atomic E-state index is 12.2. The van der Waals surface area contributed by atoms with Gasteiger partial charge >= 0.3 is 5.97 Å². The zero-order valence-electron chi connectivity index (χ0n) is 13.3. The smallest absolute Gasteiger partial charge is 0.311 e. The van der Waals surface area contributed by atoms with Crippen molar-refractivity contribution >= 4 is 23.6 Å². The van der Waals surface area contributed by atoms with Crippen molar-refractivity contribution in [3.63, 3.8) is 0 Å². The number of ether oxygens (including phenoxy) is 1. The summed E-state index contributed by atoms with van der Waals surface area (Å²) in [6, 6.07) is 1.51. The van der Waals surface area contributed by atoms with Crippen LogP contribution < -0.4 is 10.9 Å². The van der Waals surface area contributed by atoms with Crippen LogP contribution in [-0.2, 0) is 20.7 Å². The van der Waals surface area contributed by atoms with Crippen LogP contribution in [-0.4, -0.2) is 40.2 Å². The quantitative estimate of drug-likeness (QED) is 0.456. The van der Waals surface area contributed by atoms with Crippen LogP contribution in [0, 0.1) is 0 Å². The van der Waals surface area contributed by atoms with E-state index in [0.29, 0.717) is 10.9 Å². The number of carbonyl (C=O) groups is 2. The standard InChI is InChI=1S/C15H21N3O4S/c1-9(14(21)16-10-5-3-4-6-10)23-15-17-11(7-12(19)18-15)8-13(20)22-2/h7,9-10H,3-6,8H2,1-2H3,(H,16,21)(H,17,18,19)/t9-/m1/s1. The molecule has 1 aliphatic carbocycles. The van der Waals surface area contributed by atoms with E-state index in [4.69, 9.17) is 0 Å². The molecule has 0 aliphatic heterocycles. The number of H-pyrrole nitrogens is 1. The summed E-state index contributed by atoms with van der Waals surface area (Å²) >= 11 is 1.17. The number of rotatable bonds is 6. The molecule has 1 saturated carbocycles. The fourth-order valence-corrected chi connectivity index (χ4v) is 3.30. The van der Waals surface area contributed by atoms with Gasteiger partial charge in [-0.25, -0.2) is 4.98 Å². The van der Waals surface area contributed by atoms with Crippen LogP contribution in [0.1, 0.15) is 38.3 Å². The molecule has 0 radical (unpaired) electrons. The van der Waals surface area contributed by atoms with Gasteiger partial charge in [0.05, 0.1) is 24.5 Å². The zero-order valence-corrected chi connectivity index (χ0v) is 14.1. The molecule has 1 heterocycles. The van der Waals surface area contributed by atoms with Crippen molar-refractivity contribution in [3.05, 3.63) is 22.1 Å². The topological polar surface area (TPSA) is 101 Å². The predicted octanol–water partition coefficient (Wildman–Crippen LogP) is 1.02. The van der Waals surface area contributed by atoms with Gasteiger partial charge in [0.1, 0.15) is 0 Å². The SMILES string of the molecule is COC(=O)Cc1cc(=O)[nH]c(S[C@H](C)C(=O)NC2CCCC2)n1. The lowest BCUT2D eigenvalue weighted by Crippen LogP contribution is -2.37. The molecule has 23 heavy (non-hydrogen) atoms. The minimum absolute atomic E-state index is 0.0667. The van der Waals surface area contributed by atoms with Gasteiger partial charge < -0.3 is 15.0 Å². The molecule has 0 spiro atoms. The summed E-state index contributed by atoms with van der Waals surface area (Å²) in [5.41, 5.74) is -0.0312. The van der Waals surface area contributed by atoms with Gasteiger partial charge in [-0.3, -0.25) is 14.4 Å². The Bertz CT molecular complexity index is 625. The third kappa shape index (κ3) is 5.38. The molecule has 126 valence electrons. The first kappa shape index (κ1) is 17.5. The van der Waals surface area contributed by atoms with Gasteiger partial charge in [0.15, 0.2) is 5.16 Å². The molecular weight excluding hydrogens is 318 g/mol. The summed E-state index contributed by atoms with van der Waals surface area (Å²) in [5, 5.41) is 2.96. The Morgan fingerprint density at radius 1 is 1.48 bits per heavy atom. The summed E-state index contributed by atoms with van der Waals surface area (Å²) in [5.74, 6) is -0.533. The Morgan fingerprint density at radius 3 is 2.83 bits per heavy atom. The second kappa shape index (κ2) is 8.14. The van der Waals surface area contributed by atoms with Crippen LogP contribution in [0.25, 0.3) is 0 Å². The maximum absolute atomic E-state index is 12.2. The highest BCUT2D eigenvalue weighted by molar-refractivity contribution is 8.00. The molecule has 2 rings (SSSR count). The van der Waals surface area contributed by atoms with E-state index >= 15 is 0 Å². The van der Waals surface area contributed by atoms with Crippen LogP contribution >= 0.6 is 11.8 Å². The second-order valence-electron chi connectivity index (χ2n) is 5.54. The number of hydrogen-bond donors (Lipinski definition) is 2. The van der Waals surface area contributed by atoms with E-state index in [-0.39, 0.29) is 29.2 Å². The Labute approximate surface area is 138 Å². The third-order valence-electron chi connectivity index (χ3n) is 3.69. The van der Waals surface area contributed by atoms with E-state index < -0.39 is 5.97 Å². The lowest BCUT2D eigenvalue weighted by atomic mass is 10.2. The number of thioether (sulfide) groups is 1. The number of amides is 1. The molecule has 0 aromatic carbocycles. The number of carbonyl (C=O) groups excluding carboxylic acids is 2. The lowest BCUT2D eigenvalue weighted by Gasteiger charge is -2.16. The third-order valence-corrected chi connectivity index (χ3v) is 4.67. The van der Waals surface area contributed by atoms with E-state index in [1.165, 1.54) is 24.9 Å². The molecule has 8 heteroatoms. The number of methoxy groups -OCH3 is 1. The minimum Gasteiger partial charge on any atom is -0.469 e. The molecule has 2 N–H and O–H groups in total. The number of nitrogens with one attached hydrogen (secondary N) is 2. The van der Waals surface area contributed by atoms with E-state index in [1.807, 2.05) is 0 Å². The first-order chi connectivity index (χ1) is 11.0. The molecule has 1 aliphatic rings. The molecule has 1 aromatic rings. The van der Waals surface area contributed by atoms with Crippen molar-refractivity contribution in [2.45, 2.75) is 55.5 Å². The fourth-order valence-electron chi connectivity index (χ4n) is 2.46. The summed E-state index contributed by atoms with van der Waals surface area (Å²) in [6.45, 7) is 1.77. The summed E-state index contributed by atoms with van der Waals surface area (Å²) in [6.07, 6.45) is 4.27. The highest BCUT2D eigenvalue weighted by atomic mass is 32.2. The Hall–Kier alpha value is -1.83. The van der Waals surface area contributed by atoms with Crippen LogP contribution in [0.4, 0.5) is 0 Å². The molecule has 1 atom stereocenters. The minimum atomic E-state index is -0.467. The molecule has 1 fully saturated rings. The van der Waals surface area contributed by atoms with E-state index in [9.17, 15) is 14.4 Å². The Balaban J connectivity index is 1.99. The highest BCUT2D eigenvalue weighted by Crippen LogP contribution is 2.21. The monoisotopic (exact) mass is 339 g/mol. The van der Waals surface area contributed by atoms with Crippen molar-refractivity contribution in [1.82, 2.24) is 15.3 Å². The van der Waals surface area contributed by atoms with Crippen LogP contribution in [0.3, 0.4) is 0 Å². The van der Waals surface area contributed by atoms with Gasteiger partial charge in [0, 0.05) is 12.1 Å². The normalized spacial score (nSPS) is 16.1.